The zero-order valence-electron chi connectivity index (χ0n) is 21.1. The second-order valence-electron chi connectivity index (χ2n) is 7.77. The third kappa shape index (κ3) is 8.81. The highest BCUT2D eigenvalue weighted by Gasteiger charge is 2.20. The van der Waals surface area contributed by atoms with Crippen molar-refractivity contribution in [2.24, 2.45) is 0 Å². The van der Waals surface area contributed by atoms with Gasteiger partial charge < -0.3 is 24.8 Å². The van der Waals surface area contributed by atoms with Gasteiger partial charge in [0.1, 0.15) is 18.1 Å². The Kier molecular flexibility index (Phi) is 11.0. The molecule has 0 radical (unpaired) electrons. The van der Waals surface area contributed by atoms with Crippen molar-refractivity contribution < 1.29 is 33.4 Å². The van der Waals surface area contributed by atoms with Crippen molar-refractivity contribution in [3.63, 3.8) is 0 Å². The number of methoxy groups -OCH3 is 1. The molecule has 0 unspecified atom stereocenters. The van der Waals surface area contributed by atoms with Crippen molar-refractivity contribution >= 4 is 29.8 Å². The molecule has 0 heterocycles. The summed E-state index contributed by atoms with van der Waals surface area (Å²) in [5, 5.41) is 23.4. The number of hydrogen-bond donors (Lipinski definition) is 2. The lowest BCUT2D eigenvalue weighted by molar-refractivity contribution is -0.143. The number of ether oxygens (including phenoxy) is 3. The second kappa shape index (κ2) is 14.4. The van der Waals surface area contributed by atoms with Crippen LogP contribution in [0.3, 0.4) is 0 Å². The fourth-order valence-electron chi connectivity index (χ4n) is 3.18. The van der Waals surface area contributed by atoms with Crippen LogP contribution >= 0.6 is 0 Å². The van der Waals surface area contributed by atoms with E-state index in [0.29, 0.717) is 11.1 Å². The smallest absolute Gasteiger partial charge is 0.354 e. The Hall–Kier alpha value is -5.16. The SMILES string of the molecule is CCOC(=O)C[C@H](COc1cc(C#N)ccc1C=C(NC(C)=O)C(=O)OC)NC(=O)c1ccc(C#N)cc1. The highest BCUT2D eigenvalue weighted by Crippen LogP contribution is 2.24. The van der Waals surface area contributed by atoms with Gasteiger partial charge in [0.25, 0.3) is 5.91 Å². The first-order valence-electron chi connectivity index (χ1n) is 11.4. The average molecular weight is 519 g/mol. The molecule has 0 aliphatic rings. The molecule has 0 aliphatic carbocycles. The predicted molar refractivity (Wildman–Crippen MR) is 134 cm³/mol. The van der Waals surface area contributed by atoms with Gasteiger partial charge in [-0.1, -0.05) is 0 Å². The summed E-state index contributed by atoms with van der Waals surface area (Å²) in [6, 6.07) is 13.5. The maximum absolute atomic E-state index is 12.8. The average Bonchev–Trinajstić information content (AvgIpc) is 2.91. The van der Waals surface area contributed by atoms with Gasteiger partial charge >= 0.3 is 11.9 Å². The molecule has 0 saturated carbocycles. The Labute approximate surface area is 219 Å². The van der Waals surface area contributed by atoms with Crippen molar-refractivity contribution in [1.29, 1.82) is 10.5 Å². The number of hydrogen-bond acceptors (Lipinski definition) is 9. The van der Waals surface area contributed by atoms with E-state index >= 15 is 0 Å². The topological polar surface area (TPSA) is 168 Å². The molecule has 0 saturated heterocycles. The number of carbonyl (C=O) groups is 4. The number of carbonyl (C=O) groups excluding carboxylic acids is 4. The number of benzene rings is 2. The Bertz CT molecular complexity index is 1300. The van der Waals surface area contributed by atoms with Crippen molar-refractivity contribution in [1.82, 2.24) is 10.6 Å². The van der Waals surface area contributed by atoms with Gasteiger partial charge in [-0.15, -0.1) is 0 Å². The van der Waals surface area contributed by atoms with E-state index in [1.54, 1.807) is 6.92 Å². The van der Waals surface area contributed by atoms with Crippen LogP contribution in [0.15, 0.2) is 48.2 Å². The first kappa shape index (κ1) is 29.1. The summed E-state index contributed by atoms with van der Waals surface area (Å²) in [4.78, 5) is 48.6. The third-order valence-electron chi connectivity index (χ3n) is 4.93. The number of esters is 2. The molecular formula is C27H26N4O7. The summed E-state index contributed by atoms with van der Waals surface area (Å²) >= 11 is 0. The summed E-state index contributed by atoms with van der Waals surface area (Å²) < 4.78 is 15.6. The number of amides is 2. The zero-order chi connectivity index (χ0) is 28.1. The van der Waals surface area contributed by atoms with Crippen LogP contribution in [0, 0.1) is 22.7 Å². The van der Waals surface area contributed by atoms with Gasteiger partial charge in [-0.25, -0.2) is 4.79 Å². The van der Waals surface area contributed by atoms with E-state index in [4.69, 9.17) is 19.5 Å². The van der Waals surface area contributed by atoms with Gasteiger partial charge in [-0.2, -0.15) is 10.5 Å². The second-order valence-corrected chi connectivity index (χ2v) is 7.77. The lowest BCUT2D eigenvalue weighted by Crippen LogP contribution is -2.41. The van der Waals surface area contributed by atoms with Crippen molar-refractivity contribution in [2.75, 3.05) is 20.3 Å². The van der Waals surface area contributed by atoms with E-state index in [1.165, 1.54) is 55.5 Å². The molecule has 0 aliphatic heterocycles. The van der Waals surface area contributed by atoms with Gasteiger partial charge in [-0.05, 0) is 55.5 Å². The normalized spacial score (nSPS) is 11.2. The van der Waals surface area contributed by atoms with E-state index in [2.05, 4.69) is 10.6 Å². The fourth-order valence-corrected chi connectivity index (χ4v) is 3.18. The minimum atomic E-state index is -0.838. The predicted octanol–water partition coefficient (Wildman–Crippen LogP) is 2.21. The maximum Gasteiger partial charge on any atom is 0.354 e. The van der Waals surface area contributed by atoms with Crippen LogP contribution in [0.4, 0.5) is 0 Å². The van der Waals surface area contributed by atoms with E-state index < -0.39 is 29.8 Å². The minimum Gasteiger partial charge on any atom is -0.491 e. The molecule has 0 bridgehead atoms. The van der Waals surface area contributed by atoms with Crippen molar-refractivity contribution in [2.45, 2.75) is 26.3 Å². The fraction of sp³-hybridized carbons (Fsp3) is 0.259. The number of nitrogens with one attached hydrogen (secondary N) is 2. The van der Waals surface area contributed by atoms with E-state index in [1.807, 2.05) is 12.1 Å². The van der Waals surface area contributed by atoms with Gasteiger partial charge in [0, 0.05) is 18.1 Å². The molecule has 38 heavy (non-hydrogen) atoms. The lowest BCUT2D eigenvalue weighted by atomic mass is 10.1. The Balaban J connectivity index is 2.34. The minimum absolute atomic E-state index is 0.147. The van der Waals surface area contributed by atoms with Crippen LogP contribution in [0.1, 0.15) is 47.3 Å². The largest absolute Gasteiger partial charge is 0.491 e. The zero-order valence-corrected chi connectivity index (χ0v) is 21.1. The third-order valence-corrected chi connectivity index (χ3v) is 4.93. The molecule has 2 aromatic carbocycles. The van der Waals surface area contributed by atoms with Gasteiger partial charge in [0.05, 0.1) is 49.4 Å². The highest BCUT2D eigenvalue weighted by atomic mass is 16.5. The standard InChI is InChI=1S/C27H26N4O7/c1-4-37-25(33)13-22(31-26(34)20-8-5-18(14-28)6-9-20)16-38-24-11-19(15-29)7-10-21(24)12-23(27(35)36-3)30-17(2)32/h5-12,22H,4,13,16H2,1-3H3,(H,30,32)(H,31,34)/t22-/m1/s1. The first-order chi connectivity index (χ1) is 18.2. The summed E-state index contributed by atoms with van der Waals surface area (Å²) in [7, 11) is 1.16. The Morgan fingerprint density at radius 3 is 2.26 bits per heavy atom. The maximum atomic E-state index is 12.8. The summed E-state index contributed by atoms with van der Waals surface area (Å²) in [6.45, 7) is 2.82. The van der Waals surface area contributed by atoms with Crippen LogP contribution < -0.4 is 15.4 Å². The van der Waals surface area contributed by atoms with Crippen molar-refractivity contribution in [3.8, 4) is 17.9 Å². The molecular weight excluding hydrogens is 492 g/mol. The Morgan fingerprint density at radius 2 is 1.68 bits per heavy atom. The molecule has 196 valence electrons. The molecule has 0 fully saturated rings. The van der Waals surface area contributed by atoms with Crippen LogP contribution in [0.25, 0.3) is 6.08 Å². The molecule has 0 aromatic heterocycles. The summed E-state index contributed by atoms with van der Waals surface area (Å²) in [5.41, 5.74) is 1.07. The molecule has 2 rings (SSSR count). The molecule has 11 nitrogen and oxygen atoms in total. The monoisotopic (exact) mass is 518 g/mol. The molecule has 2 aromatic rings. The number of rotatable bonds is 11. The lowest BCUT2D eigenvalue weighted by Gasteiger charge is -2.20. The van der Waals surface area contributed by atoms with E-state index in [9.17, 15) is 24.4 Å². The van der Waals surface area contributed by atoms with Crippen molar-refractivity contribution in [3.05, 3.63) is 70.4 Å². The van der Waals surface area contributed by atoms with Crippen LogP contribution in [0.2, 0.25) is 0 Å². The Morgan fingerprint density at radius 1 is 1.03 bits per heavy atom. The summed E-state index contributed by atoms with van der Waals surface area (Å²) in [5.74, 6) is -2.22. The molecule has 1 atom stereocenters. The van der Waals surface area contributed by atoms with Crippen LogP contribution in [-0.2, 0) is 23.9 Å². The molecule has 0 spiro atoms. The molecule has 2 amide bonds. The number of nitriles is 2. The van der Waals surface area contributed by atoms with Crippen LogP contribution in [-0.4, -0.2) is 50.1 Å². The summed E-state index contributed by atoms with van der Waals surface area (Å²) in [6.07, 6.45) is 1.11. The molecule has 11 heteroatoms. The van der Waals surface area contributed by atoms with Crippen LogP contribution in [0.5, 0.6) is 5.75 Å². The van der Waals surface area contributed by atoms with E-state index in [-0.39, 0.29) is 42.2 Å². The van der Waals surface area contributed by atoms with Gasteiger partial charge in [0.2, 0.25) is 5.91 Å². The van der Waals surface area contributed by atoms with E-state index in [0.717, 1.165) is 7.11 Å². The quantitative estimate of drug-likeness (QED) is 0.335. The highest BCUT2D eigenvalue weighted by molar-refractivity contribution is 5.98. The molecule has 2 N–H and O–H groups in total. The number of nitrogens with zero attached hydrogens (tertiary/aromatic N) is 2. The first-order valence-corrected chi connectivity index (χ1v) is 11.4. The van der Waals surface area contributed by atoms with Gasteiger partial charge in [-0.3, -0.25) is 14.4 Å². The van der Waals surface area contributed by atoms with Gasteiger partial charge in [0.15, 0.2) is 0 Å².